The normalized spacial score (nSPS) is 14.6. The Morgan fingerprint density at radius 1 is 1.22 bits per heavy atom. The van der Waals surface area contributed by atoms with E-state index < -0.39 is 0 Å². The van der Waals surface area contributed by atoms with E-state index in [1.807, 2.05) is 13.0 Å². The van der Waals surface area contributed by atoms with Crippen LogP contribution >= 0.6 is 0 Å². The van der Waals surface area contributed by atoms with Crippen LogP contribution in [0.5, 0.6) is 0 Å². The molecule has 1 aromatic rings. The highest BCUT2D eigenvalue weighted by Gasteiger charge is 2.15. The molecular weight excluding hydrogens is 218 g/mol. The quantitative estimate of drug-likeness (QED) is 0.754. The third-order valence-electron chi connectivity index (χ3n) is 3.39. The van der Waals surface area contributed by atoms with Gasteiger partial charge in [-0.2, -0.15) is 0 Å². The van der Waals surface area contributed by atoms with Crippen LogP contribution in [0.4, 0.5) is 0 Å². The predicted octanol–water partition coefficient (Wildman–Crippen LogP) is 4.86. The van der Waals surface area contributed by atoms with Gasteiger partial charge in [0.05, 0.1) is 0 Å². The zero-order chi connectivity index (χ0) is 13.5. The van der Waals surface area contributed by atoms with Gasteiger partial charge in [-0.05, 0) is 56.2 Å². The summed E-state index contributed by atoms with van der Waals surface area (Å²) in [6.45, 7) is 8.46. The summed E-state index contributed by atoms with van der Waals surface area (Å²) < 4.78 is 0. The molecule has 1 aliphatic rings. The summed E-state index contributed by atoms with van der Waals surface area (Å²) in [4.78, 5) is 0. The molecule has 0 unspecified atom stereocenters. The van der Waals surface area contributed by atoms with E-state index in [1.165, 1.54) is 48.8 Å². The summed E-state index contributed by atoms with van der Waals surface area (Å²) in [7, 11) is 0. The lowest BCUT2D eigenvalue weighted by atomic mass is 9.84. The fourth-order valence-corrected chi connectivity index (χ4v) is 2.47. The minimum Gasteiger partial charge on any atom is -0.399 e. The summed E-state index contributed by atoms with van der Waals surface area (Å²) in [6.07, 6.45) is 8.31. The number of hydrogen-bond acceptors (Lipinski definition) is 1. The molecule has 1 heteroatoms. The van der Waals surface area contributed by atoms with Crippen molar-refractivity contribution < 1.29 is 1.43 Å². The lowest BCUT2D eigenvalue weighted by molar-refractivity contribution is 0.680. The Morgan fingerprint density at radius 2 is 1.78 bits per heavy atom. The molecule has 0 radical (unpaired) electrons. The largest absolute Gasteiger partial charge is 0.399 e. The van der Waals surface area contributed by atoms with Crippen molar-refractivity contribution >= 4 is 5.70 Å². The van der Waals surface area contributed by atoms with Crippen LogP contribution in [0.25, 0.3) is 5.70 Å². The number of rotatable bonds is 1. The molecule has 1 aliphatic carbocycles. The molecule has 0 spiro atoms. The number of allylic oxidation sites excluding steroid dienone is 1. The molecule has 1 nitrogen and oxygen atoms in total. The van der Waals surface area contributed by atoms with Crippen LogP contribution in [-0.4, -0.2) is 0 Å². The van der Waals surface area contributed by atoms with Crippen LogP contribution in [0.1, 0.15) is 63.7 Å². The Hall–Kier alpha value is -1.24. The van der Waals surface area contributed by atoms with Gasteiger partial charge in [0.15, 0.2) is 0 Å². The van der Waals surface area contributed by atoms with Crippen molar-refractivity contribution in [2.24, 2.45) is 5.73 Å². The van der Waals surface area contributed by atoms with Crippen molar-refractivity contribution in [2.75, 3.05) is 0 Å². The molecular formula is C17H29N. The molecule has 2 rings (SSSR count). The second-order valence-electron chi connectivity index (χ2n) is 5.05. The van der Waals surface area contributed by atoms with Crippen molar-refractivity contribution in [3.63, 3.8) is 0 Å². The highest BCUT2D eigenvalue weighted by molar-refractivity contribution is 5.67. The fourth-order valence-electron chi connectivity index (χ4n) is 2.47. The number of aryl methyl sites for hydroxylation is 1. The Balaban J connectivity index is 0.000000742. The van der Waals surface area contributed by atoms with E-state index in [2.05, 4.69) is 32.9 Å². The molecule has 0 aromatic heterocycles. The molecule has 18 heavy (non-hydrogen) atoms. The van der Waals surface area contributed by atoms with Gasteiger partial charge in [0.25, 0.3) is 0 Å². The van der Waals surface area contributed by atoms with Gasteiger partial charge in [0.1, 0.15) is 0 Å². The highest BCUT2D eigenvalue weighted by atomic mass is 14.6. The van der Waals surface area contributed by atoms with E-state index >= 15 is 0 Å². The number of benzene rings is 1. The first kappa shape index (κ1) is 14.8. The molecule has 0 aliphatic heterocycles. The Morgan fingerprint density at radius 3 is 2.33 bits per heavy atom. The molecule has 0 fully saturated rings. The Kier molecular flexibility index (Phi) is 5.97. The zero-order valence-corrected chi connectivity index (χ0v) is 12.3. The first-order chi connectivity index (χ1) is 8.65. The van der Waals surface area contributed by atoms with Crippen LogP contribution < -0.4 is 5.73 Å². The molecule has 1 aromatic carbocycles. The van der Waals surface area contributed by atoms with Gasteiger partial charge in [-0.3, -0.25) is 0 Å². The average Bonchev–Trinajstić information content (AvgIpc) is 2.40. The number of nitrogens with two attached hydrogens (primary N) is 1. The number of hydrogen-bond donors (Lipinski definition) is 1. The Labute approximate surface area is 114 Å². The topological polar surface area (TPSA) is 26.0 Å². The molecule has 0 atom stereocenters. The monoisotopic (exact) mass is 247 g/mol. The van der Waals surface area contributed by atoms with Gasteiger partial charge in [-0.15, -0.1) is 0 Å². The predicted molar refractivity (Wildman–Crippen MR) is 83.7 cm³/mol. The van der Waals surface area contributed by atoms with Gasteiger partial charge in [-0.25, -0.2) is 0 Å². The number of fused-ring (bicyclic) bond motifs is 1. The lowest BCUT2D eigenvalue weighted by Crippen LogP contribution is -2.10. The molecule has 102 valence electrons. The molecule has 0 saturated heterocycles. The minimum absolute atomic E-state index is 0. The van der Waals surface area contributed by atoms with E-state index in [1.54, 1.807) is 5.56 Å². The Bertz CT molecular complexity index is 422. The smallest absolute Gasteiger partial charge is 0.0347 e. The fraction of sp³-hybridized carbons (Fsp3) is 0.529. The van der Waals surface area contributed by atoms with E-state index in [0.29, 0.717) is 0 Å². The zero-order valence-electron chi connectivity index (χ0n) is 12.3. The van der Waals surface area contributed by atoms with Gasteiger partial charge in [0, 0.05) is 12.7 Å². The lowest BCUT2D eigenvalue weighted by Gasteiger charge is -2.21. The third-order valence-corrected chi connectivity index (χ3v) is 3.39. The van der Waals surface area contributed by atoms with Crippen LogP contribution in [0.15, 0.2) is 18.2 Å². The summed E-state index contributed by atoms with van der Waals surface area (Å²) in [5.41, 5.74) is 12.7. The van der Waals surface area contributed by atoms with Crippen LogP contribution in [-0.2, 0) is 12.8 Å². The van der Waals surface area contributed by atoms with E-state index in [4.69, 9.17) is 5.73 Å². The van der Waals surface area contributed by atoms with Crippen molar-refractivity contribution in [2.45, 2.75) is 59.8 Å². The van der Waals surface area contributed by atoms with Crippen molar-refractivity contribution in [3.05, 3.63) is 40.5 Å². The second-order valence-corrected chi connectivity index (χ2v) is 5.05. The first-order valence-corrected chi connectivity index (χ1v) is 7.19. The van der Waals surface area contributed by atoms with Crippen molar-refractivity contribution in [3.8, 4) is 0 Å². The maximum absolute atomic E-state index is 6.03. The van der Waals surface area contributed by atoms with Crippen molar-refractivity contribution in [1.82, 2.24) is 0 Å². The van der Waals surface area contributed by atoms with Gasteiger partial charge in [0.2, 0.25) is 0 Å². The van der Waals surface area contributed by atoms with Gasteiger partial charge >= 0.3 is 0 Å². The standard InChI is InChI=1S/C14H19N.C3H8.H2/c1-3-14(15)13-9-8-10(2)11-6-4-5-7-12(11)13;1-3-2;/h3,8-9H,4-7,15H2,1-2H3;3H2,1-2H3;1H/b14-3-;;. The first-order valence-electron chi connectivity index (χ1n) is 7.19. The van der Waals surface area contributed by atoms with E-state index in [0.717, 1.165) is 5.70 Å². The maximum atomic E-state index is 6.03. The van der Waals surface area contributed by atoms with Gasteiger partial charge in [-0.1, -0.05) is 38.5 Å². The van der Waals surface area contributed by atoms with Crippen LogP contribution in [0.3, 0.4) is 0 Å². The van der Waals surface area contributed by atoms with Crippen LogP contribution in [0.2, 0.25) is 0 Å². The van der Waals surface area contributed by atoms with Crippen LogP contribution in [0, 0.1) is 6.92 Å². The average molecular weight is 247 g/mol. The summed E-state index contributed by atoms with van der Waals surface area (Å²) in [5.74, 6) is 0. The van der Waals surface area contributed by atoms with E-state index in [-0.39, 0.29) is 1.43 Å². The molecule has 0 amide bonds. The second kappa shape index (κ2) is 7.25. The van der Waals surface area contributed by atoms with Gasteiger partial charge < -0.3 is 5.73 Å². The SMILES string of the molecule is C/C=C(\N)c1ccc(C)c2c1CCCC2.CCC.[HH]. The summed E-state index contributed by atoms with van der Waals surface area (Å²) in [6, 6.07) is 4.38. The molecule has 0 saturated carbocycles. The molecule has 0 bridgehead atoms. The summed E-state index contributed by atoms with van der Waals surface area (Å²) >= 11 is 0. The minimum atomic E-state index is 0. The van der Waals surface area contributed by atoms with E-state index in [9.17, 15) is 0 Å². The summed E-state index contributed by atoms with van der Waals surface area (Å²) in [5, 5.41) is 0. The molecule has 2 N–H and O–H groups in total. The maximum Gasteiger partial charge on any atom is 0.0347 e. The molecule has 0 heterocycles. The highest BCUT2D eigenvalue weighted by Crippen LogP contribution is 2.29. The van der Waals surface area contributed by atoms with Crippen molar-refractivity contribution in [1.29, 1.82) is 0 Å². The third kappa shape index (κ3) is 3.38.